The van der Waals surface area contributed by atoms with Gasteiger partial charge in [0.25, 0.3) is 0 Å². The lowest BCUT2D eigenvalue weighted by Gasteiger charge is -2.05. The van der Waals surface area contributed by atoms with Gasteiger partial charge in [0.15, 0.2) is 0 Å². The molecule has 2 N–H and O–H groups in total. The van der Waals surface area contributed by atoms with Crippen molar-refractivity contribution in [1.82, 2.24) is 0 Å². The van der Waals surface area contributed by atoms with E-state index in [4.69, 9.17) is 10.5 Å². The maximum absolute atomic E-state index is 12.9. The normalized spacial score (nSPS) is 11.2. The summed E-state index contributed by atoms with van der Waals surface area (Å²) in [6.45, 7) is 0. The largest absolute Gasteiger partial charge is 0.497 e. The van der Waals surface area contributed by atoms with Crippen LogP contribution in [0.3, 0.4) is 0 Å². The van der Waals surface area contributed by atoms with Gasteiger partial charge in [0, 0.05) is 5.57 Å². The number of benzene rings is 2. The molecule has 2 aromatic carbocycles. The number of halogens is 1. The molecular formula is C16H14FNO2. The number of hydrogen-bond acceptors (Lipinski definition) is 2. The minimum Gasteiger partial charge on any atom is -0.497 e. The summed E-state index contributed by atoms with van der Waals surface area (Å²) in [5, 5.41) is 0. The summed E-state index contributed by atoms with van der Waals surface area (Å²) in [6, 6.07) is 12.8. The van der Waals surface area contributed by atoms with Crippen molar-refractivity contribution in [3.63, 3.8) is 0 Å². The van der Waals surface area contributed by atoms with Crippen molar-refractivity contribution in [3.05, 3.63) is 65.5 Å². The third-order valence-corrected chi connectivity index (χ3v) is 2.85. The zero-order chi connectivity index (χ0) is 14.5. The molecule has 0 atom stereocenters. The molecule has 2 rings (SSSR count). The summed E-state index contributed by atoms with van der Waals surface area (Å²) in [4.78, 5) is 11.5. The lowest BCUT2D eigenvalue weighted by Crippen LogP contribution is -2.12. The Kier molecular flexibility index (Phi) is 4.15. The molecule has 3 nitrogen and oxygen atoms in total. The summed E-state index contributed by atoms with van der Waals surface area (Å²) in [5.41, 5.74) is 7.10. The maximum Gasteiger partial charge on any atom is 0.249 e. The van der Waals surface area contributed by atoms with Crippen LogP contribution in [0.1, 0.15) is 11.1 Å². The van der Waals surface area contributed by atoms with E-state index in [1.54, 1.807) is 25.3 Å². The maximum atomic E-state index is 12.9. The second-order valence-electron chi connectivity index (χ2n) is 4.20. The molecule has 0 saturated heterocycles. The minimum absolute atomic E-state index is 0.329. The summed E-state index contributed by atoms with van der Waals surface area (Å²) in [5.74, 6) is -0.195. The van der Waals surface area contributed by atoms with Crippen LogP contribution < -0.4 is 10.5 Å². The summed E-state index contributed by atoms with van der Waals surface area (Å²) in [7, 11) is 1.58. The number of hydrogen-bond donors (Lipinski definition) is 1. The Balaban J connectivity index is 2.39. The Labute approximate surface area is 116 Å². The standard InChI is InChI=1S/C16H14FNO2/c1-20-14-8-2-11(3-9-14)10-15(16(18)19)12-4-6-13(17)7-5-12/h2-10H,1H3,(H2,18,19)/b15-10+. The third-order valence-electron chi connectivity index (χ3n) is 2.85. The second kappa shape index (κ2) is 6.02. The molecule has 0 aliphatic rings. The predicted octanol–water partition coefficient (Wildman–Crippen LogP) is 2.86. The second-order valence-corrected chi connectivity index (χ2v) is 4.20. The molecule has 0 radical (unpaired) electrons. The average Bonchev–Trinajstić information content (AvgIpc) is 2.46. The number of nitrogens with two attached hydrogens (primary N) is 1. The van der Waals surface area contributed by atoms with E-state index in [0.717, 1.165) is 11.3 Å². The van der Waals surface area contributed by atoms with E-state index >= 15 is 0 Å². The zero-order valence-electron chi connectivity index (χ0n) is 11.0. The van der Waals surface area contributed by atoms with Crippen LogP contribution >= 0.6 is 0 Å². The van der Waals surface area contributed by atoms with Gasteiger partial charge >= 0.3 is 0 Å². The molecule has 1 amide bonds. The smallest absolute Gasteiger partial charge is 0.249 e. The number of carbonyl (C=O) groups excluding carboxylic acids is 1. The van der Waals surface area contributed by atoms with E-state index in [-0.39, 0.29) is 5.82 Å². The van der Waals surface area contributed by atoms with Gasteiger partial charge in [-0.2, -0.15) is 0 Å². The molecule has 0 unspecified atom stereocenters. The molecule has 0 heterocycles. The number of primary amides is 1. The molecule has 0 aliphatic heterocycles. The van der Waals surface area contributed by atoms with Gasteiger partial charge in [-0.05, 0) is 41.5 Å². The van der Waals surface area contributed by atoms with Gasteiger partial charge in [-0.15, -0.1) is 0 Å². The Morgan fingerprint density at radius 3 is 2.20 bits per heavy atom. The van der Waals surface area contributed by atoms with E-state index < -0.39 is 5.91 Å². The molecular weight excluding hydrogens is 257 g/mol. The van der Waals surface area contributed by atoms with Crippen molar-refractivity contribution in [2.45, 2.75) is 0 Å². The van der Waals surface area contributed by atoms with Crippen LogP contribution in [0.4, 0.5) is 4.39 Å². The summed E-state index contributed by atoms with van der Waals surface area (Å²) < 4.78 is 18.0. The van der Waals surface area contributed by atoms with Crippen LogP contribution in [0.15, 0.2) is 48.5 Å². The van der Waals surface area contributed by atoms with E-state index in [0.29, 0.717) is 11.1 Å². The average molecular weight is 271 g/mol. The number of amides is 1. The Morgan fingerprint density at radius 1 is 1.10 bits per heavy atom. The first kappa shape index (κ1) is 13.8. The molecule has 0 bridgehead atoms. The van der Waals surface area contributed by atoms with Crippen molar-refractivity contribution in [2.75, 3.05) is 7.11 Å². The van der Waals surface area contributed by atoms with Gasteiger partial charge in [-0.3, -0.25) is 4.79 Å². The van der Waals surface area contributed by atoms with Gasteiger partial charge < -0.3 is 10.5 Å². The molecule has 20 heavy (non-hydrogen) atoms. The van der Waals surface area contributed by atoms with E-state index in [1.165, 1.54) is 24.3 Å². The SMILES string of the molecule is COc1ccc(/C=C(/C(N)=O)c2ccc(F)cc2)cc1. The Hall–Kier alpha value is -2.62. The van der Waals surface area contributed by atoms with Crippen molar-refractivity contribution in [2.24, 2.45) is 5.73 Å². The monoisotopic (exact) mass is 271 g/mol. The van der Waals surface area contributed by atoms with Gasteiger partial charge in [-0.25, -0.2) is 4.39 Å². The predicted molar refractivity (Wildman–Crippen MR) is 76.5 cm³/mol. The van der Waals surface area contributed by atoms with Crippen LogP contribution in [-0.2, 0) is 4.79 Å². The molecule has 2 aromatic rings. The highest BCUT2D eigenvalue weighted by Crippen LogP contribution is 2.20. The highest BCUT2D eigenvalue weighted by Gasteiger charge is 2.08. The number of rotatable bonds is 4. The summed E-state index contributed by atoms with van der Waals surface area (Å²) >= 11 is 0. The zero-order valence-corrected chi connectivity index (χ0v) is 11.0. The molecule has 102 valence electrons. The topological polar surface area (TPSA) is 52.3 Å². The molecule has 4 heteroatoms. The first-order chi connectivity index (χ1) is 9.60. The number of methoxy groups -OCH3 is 1. The van der Waals surface area contributed by atoms with Crippen molar-refractivity contribution < 1.29 is 13.9 Å². The molecule has 0 aromatic heterocycles. The molecule has 0 aliphatic carbocycles. The lowest BCUT2D eigenvalue weighted by molar-refractivity contribution is -0.112. The first-order valence-electron chi connectivity index (χ1n) is 6.01. The van der Waals surface area contributed by atoms with Crippen molar-refractivity contribution in [3.8, 4) is 5.75 Å². The van der Waals surface area contributed by atoms with Crippen molar-refractivity contribution >= 4 is 17.6 Å². The van der Waals surface area contributed by atoms with Crippen LogP contribution in [0, 0.1) is 5.82 Å². The fourth-order valence-electron chi connectivity index (χ4n) is 1.79. The van der Waals surface area contributed by atoms with Gasteiger partial charge in [0.2, 0.25) is 5.91 Å². The molecule has 0 saturated carbocycles. The Morgan fingerprint density at radius 2 is 1.70 bits per heavy atom. The molecule has 0 spiro atoms. The number of ether oxygens (including phenoxy) is 1. The lowest BCUT2D eigenvalue weighted by atomic mass is 10.0. The van der Waals surface area contributed by atoms with Gasteiger partial charge in [0.1, 0.15) is 11.6 Å². The van der Waals surface area contributed by atoms with E-state index in [2.05, 4.69) is 0 Å². The van der Waals surface area contributed by atoms with Crippen LogP contribution in [0.5, 0.6) is 5.75 Å². The van der Waals surface area contributed by atoms with Crippen LogP contribution in [-0.4, -0.2) is 13.0 Å². The quantitative estimate of drug-likeness (QED) is 0.686. The Bertz CT molecular complexity index is 631. The third kappa shape index (κ3) is 3.23. The fraction of sp³-hybridized carbons (Fsp3) is 0.0625. The molecule has 0 fully saturated rings. The first-order valence-corrected chi connectivity index (χ1v) is 6.01. The minimum atomic E-state index is -0.563. The fourth-order valence-corrected chi connectivity index (χ4v) is 1.79. The highest BCUT2D eigenvalue weighted by atomic mass is 19.1. The highest BCUT2D eigenvalue weighted by molar-refractivity contribution is 6.23. The summed E-state index contributed by atoms with van der Waals surface area (Å²) in [6.07, 6.45) is 1.66. The van der Waals surface area contributed by atoms with Gasteiger partial charge in [0.05, 0.1) is 7.11 Å². The van der Waals surface area contributed by atoms with E-state index in [1.807, 2.05) is 12.1 Å². The van der Waals surface area contributed by atoms with Gasteiger partial charge in [-0.1, -0.05) is 24.3 Å². The van der Waals surface area contributed by atoms with E-state index in [9.17, 15) is 9.18 Å². The number of carbonyl (C=O) groups is 1. The van der Waals surface area contributed by atoms with Crippen LogP contribution in [0.2, 0.25) is 0 Å². The van der Waals surface area contributed by atoms with Crippen molar-refractivity contribution in [1.29, 1.82) is 0 Å². The van der Waals surface area contributed by atoms with Crippen LogP contribution in [0.25, 0.3) is 11.6 Å².